The number of hydrogen-bond donors (Lipinski definition) is 0. The Kier molecular flexibility index (Phi) is 4.22. The van der Waals surface area contributed by atoms with Crippen LogP contribution in [-0.2, 0) is 4.74 Å². The summed E-state index contributed by atoms with van der Waals surface area (Å²) in [5.74, 6) is 0.0506. The number of benzene rings is 1. The number of halogens is 1. The Morgan fingerprint density at radius 1 is 1.38 bits per heavy atom. The van der Waals surface area contributed by atoms with Gasteiger partial charge < -0.3 is 9.64 Å². The second-order valence-electron chi connectivity index (χ2n) is 5.31. The maximum Gasteiger partial charge on any atom is 0.254 e. The highest BCUT2D eigenvalue weighted by Gasteiger charge is 2.29. The average molecular weight is 349 g/mol. The van der Waals surface area contributed by atoms with Gasteiger partial charge in [0.1, 0.15) is 0 Å². The van der Waals surface area contributed by atoms with Crippen LogP contribution < -0.4 is 0 Å². The molecule has 0 bridgehead atoms. The lowest BCUT2D eigenvalue weighted by Crippen LogP contribution is -2.49. The van der Waals surface area contributed by atoms with Crippen molar-refractivity contribution in [2.75, 3.05) is 18.4 Å². The lowest BCUT2D eigenvalue weighted by atomic mass is 10.1. The highest BCUT2D eigenvalue weighted by molar-refractivity contribution is 9.09. The van der Waals surface area contributed by atoms with Crippen molar-refractivity contribution >= 4 is 32.7 Å². The van der Waals surface area contributed by atoms with Crippen molar-refractivity contribution in [3.63, 3.8) is 0 Å². The van der Waals surface area contributed by atoms with Crippen LogP contribution in [0.15, 0.2) is 36.5 Å². The number of alkyl halides is 1. The summed E-state index contributed by atoms with van der Waals surface area (Å²) in [7, 11) is 0. The number of carbonyl (C=O) groups is 1. The van der Waals surface area contributed by atoms with E-state index in [9.17, 15) is 4.79 Å². The molecular weight excluding hydrogens is 332 g/mol. The quantitative estimate of drug-likeness (QED) is 0.783. The molecule has 1 aliphatic rings. The van der Waals surface area contributed by atoms with Crippen molar-refractivity contribution < 1.29 is 9.53 Å². The van der Waals surface area contributed by atoms with E-state index < -0.39 is 0 Å². The maximum absolute atomic E-state index is 12.8. The molecule has 0 N–H and O–H groups in total. The molecule has 1 amide bonds. The lowest BCUT2D eigenvalue weighted by molar-refractivity contribution is -0.0559. The molecule has 1 aromatic carbocycles. The van der Waals surface area contributed by atoms with Crippen LogP contribution in [0.2, 0.25) is 0 Å². The highest BCUT2D eigenvalue weighted by Crippen LogP contribution is 2.21. The smallest absolute Gasteiger partial charge is 0.254 e. The predicted molar refractivity (Wildman–Crippen MR) is 85.8 cm³/mol. The number of rotatable bonds is 2. The fourth-order valence-corrected chi connectivity index (χ4v) is 3.11. The number of hydrogen-bond acceptors (Lipinski definition) is 3. The van der Waals surface area contributed by atoms with Crippen molar-refractivity contribution in [3.8, 4) is 0 Å². The molecular formula is C16H17BrN2O2. The second kappa shape index (κ2) is 6.12. The van der Waals surface area contributed by atoms with Gasteiger partial charge in [-0.3, -0.25) is 9.78 Å². The van der Waals surface area contributed by atoms with Crippen molar-refractivity contribution in [3.05, 3.63) is 42.1 Å². The van der Waals surface area contributed by atoms with Crippen LogP contribution >= 0.6 is 15.9 Å². The molecule has 1 fully saturated rings. The van der Waals surface area contributed by atoms with Gasteiger partial charge in [-0.05, 0) is 25.1 Å². The first-order valence-corrected chi connectivity index (χ1v) is 8.15. The summed E-state index contributed by atoms with van der Waals surface area (Å²) in [5.41, 5.74) is 1.56. The topological polar surface area (TPSA) is 42.4 Å². The van der Waals surface area contributed by atoms with Crippen LogP contribution in [0.3, 0.4) is 0 Å². The van der Waals surface area contributed by atoms with Gasteiger partial charge in [0.05, 0.1) is 17.7 Å². The van der Waals surface area contributed by atoms with E-state index in [1.165, 1.54) is 0 Å². The summed E-state index contributed by atoms with van der Waals surface area (Å²) in [6.07, 6.45) is 1.85. The van der Waals surface area contributed by atoms with Crippen molar-refractivity contribution in [2.45, 2.75) is 19.1 Å². The number of nitrogens with zero attached hydrogens (tertiary/aromatic N) is 2. The third-order valence-corrected chi connectivity index (χ3v) is 4.38. The lowest BCUT2D eigenvalue weighted by Gasteiger charge is -2.36. The molecule has 3 rings (SSSR count). The summed E-state index contributed by atoms with van der Waals surface area (Å²) in [4.78, 5) is 19.0. The van der Waals surface area contributed by atoms with Crippen LogP contribution in [0, 0.1) is 0 Å². The Balaban J connectivity index is 1.93. The number of amides is 1. The Morgan fingerprint density at radius 2 is 2.24 bits per heavy atom. The Morgan fingerprint density at radius 3 is 3.05 bits per heavy atom. The molecule has 2 atom stereocenters. The number of aromatic nitrogens is 1. The zero-order valence-electron chi connectivity index (χ0n) is 11.8. The minimum absolute atomic E-state index is 0.0470. The minimum atomic E-state index is 0.0470. The summed E-state index contributed by atoms with van der Waals surface area (Å²) in [6.45, 7) is 3.24. The molecule has 0 radical (unpaired) electrons. The maximum atomic E-state index is 12.8. The van der Waals surface area contributed by atoms with Gasteiger partial charge in [0.15, 0.2) is 0 Å². The van der Waals surface area contributed by atoms with Crippen molar-refractivity contribution in [1.29, 1.82) is 0 Å². The van der Waals surface area contributed by atoms with Gasteiger partial charge >= 0.3 is 0 Å². The summed E-state index contributed by atoms with van der Waals surface area (Å²) in [6, 6.07) is 9.49. The molecule has 1 saturated heterocycles. The van der Waals surface area contributed by atoms with Gasteiger partial charge in [-0.2, -0.15) is 0 Å². The summed E-state index contributed by atoms with van der Waals surface area (Å²) < 4.78 is 5.79. The van der Waals surface area contributed by atoms with Gasteiger partial charge in [-0.15, -0.1) is 0 Å². The Bertz CT molecular complexity index is 656. The molecule has 0 spiro atoms. The number of morpholine rings is 1. The van der Waals surface area contributed by atoms with Crippen LogP contribution in [0.4, 0.5) is 0 Å². The molecule has 2 unspecified atom stereocenters. The van der Waals surface area contributed by atoms with E-state index in [1.807, 2.05) is 42.2 Å². The largest absolute Gasteiger partial charge is 0.371 e. The van der Waals surface area contributed by atoms with E-state index >= 15 is 0 Å². The third kappa shape index (κ3) is 2.94. The van der Waals surface area contributed by atoms with Crippen LogP contribution in [0.1, 0.15) is 17.3 Å². The second-order valence-corrected chi connectivity index (χ2v) is 5.96. The number of ether oxygens (including phenoxy) is 1. The Labute approximate surface area is 132 Å². The SMILES string of the molecule is CC1CN(C(=O)c2cccc3ncccc23)CC(CBr)O1. The molecule has 1 aliphatic heterocycles. The van der Waals surface area contributed by atoms with Crippen LogP contribution in [-0.4, -0.2) is 46.4 Å². The zero-order chi connectivity index (χ0) is 14.8. The first kappa shape index (κ1) is 14.5. The molecule has 0 aliphatic carbocycles. The van der Waals surface area contributed by atoms with Crippen LogP contribution in [0.25, 0.3) is 10.9 Å². The minimum Gasteiger partial charge on any atom is -0.371 e. The molecule has 1 aromatic heterocycles. The fraction of sp³-hybridized carbons (Fsp3) is 0.375. The van der Waals surface area contributed by atoms with E-state index in [0.29, 0.717) is 18.7 Å². The van der Waals surface area contributed by atoms with Gasteiger partial charge in [-0.25, -0.2) is 0 Å². The van der Waals surface area contributed by atoms with Gasteiger partial charge in [0.2, 0.25) is 0 Å². The highest BCUT2D eigenvalue weighted by atomic mass is 79.9. The van der Waals surface area contributed by atoms with E-state index in [4.69, 9.17) is 4.74 Å². The van der Waals surface area contributed by atoms with E-state index in [2.05, 4.69) is 20.9 Å². The first-order valence-electron chi connectivity index (χ1n) is 7.03. The van der Waals surface area contributed by atoms with Crippen LogP contribution in [0.5, 0.6) is 0 Å². The van der Waals surface area contributed by atoms with Crippen molar-refractivity contribution in [1.82, 2.24) is 9.88 Å². The molecule has 110 valence electrons. The molecule has 5 heteroatoms. The molecule has 2 aromatic rings. The predicted octanol–water partition coefficient (Wildman–Crippen LogP) is 2.86. The number of carbonyl (C=O) groups excluding carboxylic acids is 1. The molecule has 2 heterocycles. The van der Waals surface area contributed by atoms with E-state index in [0.717, 1.165) is 16.2 Å². The average Bonchev–Trinajstić information content (AvgIpc) is 2.53. The zero-order valence-corrected chi connectivity index (χ0v) is 13.4. The van der Waals surface area contributed by atoms with Crippen molar-refractivity contribution in [2.24, 2.45) is 0 Å². The number of fused-ring (bicyclic) bond motifs is 1. The van der Waals surface area contributed by atoms with Gasteiger partial charge in [0, 0.05) is 35.6 Å². The van der Waals surface area contributed by atoms with Gasteiger partial charge in [0.25, 0.3) is 5.91 Å². The monoisotopic (exact) mass is 348 g/mol. The molecule has 21 heavy (non-hydrogen) atoms. The summed E-state index contributed by atoms with van der Waals surface area (Å²) in [5, 5.41) is 1.64. The van der Waals surface area contributed by atoms with E-state index in [1.54, 1.807) is 6.20 Å². The van der Waals surface area contributed by atoms with Gasteiger partial charge in [-0.1, -0.05) is 28.1 Å². The normalized spacial score (nSPS) is 22.5. The Hall–Kier alpha value is -1.46. The summed E-state index contributed by atoms with van der Waals surface area (Å²) >= 11 is 3.44. The van der Waals surface area contributed by atoms with E-state index in [-0.39, 0.29) is 18.1 Å². The molecule has 0 saturated carbocycles. The number of pyridine rings is 1. The fourth-order valence-electron chi connectivity index (χ4n) is 2.76. The first-order chi connectivity index (χ1) is 10.2. The standard InChI is InChI=1S/C16H17BrN2O2/c1-11-9-19(10-12(8-17)21-11)16(20)14-4-2-6-15-13(14)5-3-7-18-15/h2-7,11-12H,8-10H2,1H3. The third-order valence-electron chi connectivity index (χ3n) is 3.66. The molecule has 4 nitrogen and oxygen atoms in total.